The number of hydrogen-bond acceptors (Lipinski definition) is 0. The van der Waals surface area contributed by atoms with Crippen molar-refractivity contribution in [3.63, 3.8) is 0 Å². The van der Waals surface area contributed by atoms with E-state index < -0.39 is 13.3 Å². The zero-order chi connectivity index (χ0) is 14.0. The number of rotatable bonds is 10. The molecule has 1 aromatic rings. The summed E-state index contributed by atoms with van der Waals surface area (Å²) in [6, 6.07) is 11.6. The van der Waals surface area contributed by atoms with Crippen LogP contribution in [-0.4, -0.2) is 13.3 Å². The van der Waals surface area contributed by atoms with Crippen molar-refractivity contribution in [1.82, 2.24) is 0 Å². The first-order valence-electron chi connectivity index (χ1n) is 8.34. The van der Waals surface area contributed by atoms with E-state index in [1.165, 1.54) is 38.5 Å². The molecule has 0 saturated heterocycles. The third kappa shape index (κ3) is 5.33. The second-order valence-electron chi connectivity index (χ2n) is 5.96. The van der Waals surface area contributed by atoms with Crippen LogP contribution in [0.5, 0.6) is 0 Å². The minimum atomic E-state index is -1.82. The first kappa shape index (κ1) is 16.8. The van der Waals surface area contributed by atoms with Gasteiger partial charge in [-0.2, -0.15) is 0 Å². The molecule has 19 heavy (non-hydrogen) atoms. The Labute approximate surface area is 123 Å². The van der Waals surface area contributed by atoms with E-state index in [2.05, 4.69) is 51.1 Å². The van der Waals surface area contributed by atoms with E-state index >= 15 is 0 Å². The summed E-state index contributed by atoms with van der Waals surface area (Å²) < 4.78 is 1.78. The van der Waals surface area contributed by atoms with Crippen molar-refractivity contribution in [1.29, 1.82) is 0 Å². The molecule has 0 radical (unpaired) electrons. The molecule has 0 saturated carbocycles. The Morgan fingerprint density at radius 2 is 1.11 bits per heavy atom. The zero-order valence-electron chi connectivity index (χ0n) is 13.3. The van der Waals surface area contributed by atoms with E-state index in [0.29, 0.717) is 0 Å². The van der Waals surface area contributed by atoms with Crippen molar-refractivity contribution in [3.05, 3.63) is 30.3 Å². The number of unbranched alkanes of at least 4 members (excludes halogenated alkanes) is 3. The molecule has 0 aliphatic carbocycles. The predicted octanol–water partition coefficient (Wildman–Crippen LogP) is 5.74. The first-order valence-corrected chi connectivity index (χ1v) is 13.8. The summed E-state index contributed by atoms with van der Waals surface area (Å²) in [6.45, 7) is 7.03. The van der Waals surface area contributed by atoms with Crippen LogP contribution in [0.4, 0.5) is 0 Å². The molecule has 1 rings (SSSR count). The molecule has 0 amide bonds. The van der Waals surface area contributed by atoms with Crippen LogP contribution in [0.25, 0.3) is 0 Å². The van der Waals surface area contributed by atoms with Gasteiger partial charge >= 0.3 is 123 Å². The summed E-state index contributed by atoms with van der Waals surface area (Å²) in [5.74, 6) is 0. The molecule has 1 heteroatoms. The average Bonchev–Trinajstić information content (AvgIpc) is 2.48. The van der Waals surface area contributed by atoms with Gasteiger partial charge < -0.3 is 0 Å². The fraction of sp³-hybridized carbons (Fsp3) is 0.667. The quantitative estimate of drug-likeness (QED) is 0.482. The molecule has 0 heterocycles. The van der Waals surface area contributed by atoms with Gasteiger partial charge in [0.05, 0.1) is 0 Å². The van der Waals surface area contributed by atoms with Gasteiger partial charge in [-0.15, -0.1) is 0 Å². The fourth-order valence-corrected chi connectivity index (χ4v) is 14.9. The van der Waals surface area contributed by atoms with E-state index in [1.807, 2.05) is 0 Å². The van der Waals surface area contributed by atoms with Crippen LogP contribution >= 0.6 is 0 Å². The summed E-state index contributed by atoms with van der Waals surface area (Å²) in [5.41, 5.74) is 0. The fourth-order valence-electron chi connectivity index (χ4n) is 3.15. The van der Waals surface area contributed by atoms with Crippen molar-refractivity contribution in [2.24, 2.45) is 0 Å². The maximum atomic E-state index is 2.45. The van der Waals surface area contributed by atoms with Crippen molar-refractivity contribution in [2.75, 3.05) is 0 Å². The minimum absolute atomic E-state index is 1.36. The SMILES string of the molecule is CCC[CH2][Ge]([CH2]CCC)([CH2]CCC)[c]1ccccc1. The summed E-state index contributed by atoms with van der Waals surface area (Å²) >= 11 is -1.82. The van der Waals surface area contributed by atoms with E-state index in [0.717, 1.165) is 0 Å². The summed E-state index contributed by atoms with van der Waals surface area (Å²) in [6.07, 6.45) is 8.42. The van der Waals surface area contributed by atoms with Gasteiger partial charge in [-0.05, 0) is 0 Å². The summed E-state index contributed by atoms with van der Waals surface area (Å²) in [5, 5.41) is 4.67. The summed E-state index contributed by atoms with van der Waals surface area (Å²) in [4.78, 5) is 0. The van der Waals surface area contributed by atoms with Crippen molar-refractivity contribution in [2.45, 2.75) is 75.1 Å². The molecule has 0 aromatic heterocycles. The molecule has 0 fully saturated rings. The standard InChI is InChI=1S/C18H32Ge/c1-4-7-15-19(16-8-5-2,17-9-6-3)18-13-11-10-12-14-18/h10-14H,4-9,15-17H2,1-3H3. The van der Waals surface area contributed by atoms with Crippen molar-refractivity contribution >= 4 is 17.7 Å². The van der Waals surface area contributed by atoms with Gasteiger partial charge in [0.15, 0.2) is 0 Å². The second-order valence-corrected chi connectivity index (χ2v) is 15.7. The van der Waals surface area contributed by atoms with Crippen LogP contribution in [-0.2, 0) is 0 Å². The Hall–Kier alpha value is -0.237. The molecule has 0 spiro atoms. The van der Waals surface area contributed by atoms with Gasteiger partial charge in [-0.1, -0.05) is 0 Å². The Balaban J connectivity index is 2.94. The third-order valence-corrected chi connectivity index (χ3v) is 15.9. The Morgan fingerprint density at radius 3 is 1.47 bits per heavy atom. The maximum absolute atomic E-state index is 2.45. The topological polar surface area (TPSA) is 0 Å². The van der Waals surface area contributed by atoms with Crippen LogP contribution in [0.3, 0.4) is 0 Å². The molecule has 0 aliphatic rings. The van der Waals surface area contributed by atoms with E-state index in [9.17, 15) is 0 Å². The van der Waals surface area contributed by atoms with Crippen LogP contribution in [0, 0.1) is 0 Å². The Bertz CT molecular complexity index is 296. The molecule has 0 nitrogen and oxygen atoms in total. The predicted molar refractivity (Wildman–Crippen MR) is 91.0 cm³/mol. The van der Waals surface area contributed by atoms with Crippen molar-refractivity contribution < 1.29 is 0 Å². The normalized spacial score (nSPS) is 11.7. The molecule has 0 atom stereocenters. The molecule has 1 aromatic carbocycles. The Morgan fingerprint density at radius 1 is 0.684 bits per heavy atom. The van der Waals surface area contributed by atoms with E-state index in [-0.39, 0.29) is 0 Å². The first-order chi connectivity index (χ1) is 9.29. The second kappa shape index (κ2) is 9.63. The molecular formula is C18H32Ge. The van der Waals surface area contributed by atoms with E-state index in [1.54, 1.807) is 20.2 Å². The van der Waals surface area contributed by atoms with Gasteiger partial charge in [-0.25, -0.2) is 0 Å². The van der Waals surface area contributed by atoms with Crippen LogP contribution in [0.1, 0.15) is 59.3 Å². The van der Waals surface area contributed by atoms with Gasteiger partial charge in [-0.3, -0.25) is 0 Å². The molecule has 0 N–H and O–H groups in total. The number of hydrogen-bond donors (Lipinski definition) is 0. The van der Waals surface area contributed by atoms with Gasteiger partial charge in [0.25, 0.3) is 0 Å². The molecule has 108 valence electrons. The molecular weight excluding hydrogens is 289 g/mol. The number of benzene rings is 1. The van der Waals surface area contributed by atoms with Crippen molar-refractivity contribution in [3.8, 4) is 0 Å². The third-order valence-electron chi connectivity index (χ3n) is 4.41. The van der Waals surface area contributed by atoms with Gasteiger partial charge in [0, 0.05) is 0 Å². The molecule has 0 bridgehead atoms. The van der Waals surface area contributed by atoms with Gasteiger partial charge in [0.1, 0.15) is 0 Å². The summed E-state index contributed by atoms with van der Waals surface area (Å²) in [7, 11) is 0. The van der Waals surface area contributed by atoms with Crippen LogP contribution < -0.4 is 4.40 Å². The van der Waals surface area contributed by atoms with Crippen LogP contribution in [0.15, 0.2) is 30.3 Å². The monoisotopic (exact) mass is 322 g/mol. The Kier molecular flexibility index (Phi) is 8.53. The van der Waals surface area contributed by atoms with Gasteiger partial charge in [0.2, 0.25) is 0 Å². The average molecular weight is 321 g/mol. The molecule has 0 unspecified atom stereocenters. The van der Waals surface area contributed by atoms with Crippen LogP contribution in [0.2, 0.25) is 15.8 Å². The van der Waals surface area contributed by atoms with E-state index in [4.69, 9.17) is 0 Å². The molecule has 0 aliphatic heterocycles. The zero-order valence-corrected chi connectivity index (χ0v) is 15.3.